The van der Waals surface area contributed by atoms with Gasteiger partial charge in [0, 0.05) is 0 Å². The first kappa shape index (κ1) is 14.8. The third-order valence-corrected chi connectivity index (χ3v) is 3.45. The van der Waals surface area contributed by atoms with Gasteiger partial charge in [0.05, 0.1) is 12.5 Å². The van der Waals surface area contributed by atoms with E-state index in [0.29, 0.717) is 0 Å². The van der Waals surface area contributed by atoms with Gasteiger partial charge in [0.1, 0.15) is 5.54 Å². The third kappa shape index (κ3) is 3.70. The van der Waals surface area contributed by atoms with Crippen molar-refractivity contribution in [3.63, 3.8) is 0 Å². The maximum absolute atomic E-state index is 12.2. The Morgan fingerprint density at radius 2 is 1.76 bits per heavy atom. The first-order chi connectivity index (χ1) is 10.0. The molecule has 0 bridgehead atoms. The predicted molar refractivity (Wildman–Crippen MR) is 82.4 cm³/mol. The van der Waals surface area contributed by atoms with Crippen molar-refractivity contribution >= 4 is 5.91 Å². The molecule has 0 aliphatic heterocycles. The number of benzene rings is 2. The van der Waals surface area contributed by atoms with Crippen molar-refractivity contribution in [2.45, 2.75) is 25.8 Å². The summed E-state index contributed by atoms with van der Waals surface area (Å²) in [6, 6.07) is 19.3. The fourth-order valence-corrected chi connectivity index (χ4v) is 2.16. The van der Waals surface area contributed by atoms with E-state index in [0.717, 1.165) is 16.7 Å². The molecule has 21 heavy (non-hydrogen) atoms. The zero-order valence-corrected chi connectivity index (χ0v) is 12.3. The minimum atomic E-state index is -1.01. The molecule has 0 heterocycles. The molecular weight excluding hydrogens is 260 g/mol. The van der Waals surface area contributed by atoms with Crippen LogP contribution in [0.25, 0.3) is 0 Å². The molecule has 1 N–H and O–H groups in total. The van der Waals surface area contributed by atoms with Crippen molar-refractivity contribution < 1.29 is 4.79 Å². The Balaban J connectivity index is 2.13. The molecule has 0 aliphatic carbocycles. The summed E-state index contributed by atoms with van der Waals surface area (Å²) in [7, 11) is 0. The number of carbonyl (C=O) groups excluding carboxylic acids is 1. The molecule has 0 fully saturated rings. The van der Waals surface area contributed by atoms with Gasteiger partial charge >= 0.3 is 0 Å². The van der Waals surface area contributed by atoms with Crippen molar-refractivity contribution in [2.75, 3.05) is 0 Å². The molecule has 1 unspecified atom stereocenters. The maximum atomic E-state index is 12.2. The van der Waals surface area contributed by atoms with Gasteiger partial charge < -0.3 is 5.32 Å². The zero-order chi connectivity index (χ0) is 15.3. The standard InChI is InChI=1S/C18H18N2O/c1-14-8-10-16(11-9-14)18(2,13-19)20-17(21)12-15-6-4-3-5-7-15/h3-11H,12H2,1-2H3,(H,20,21). The molecule has 0 saturated carbocycles. The molecule has 3 heteroatoms. The van der Waals surface area contributed by atoms with Crippen LogP contribution < -0.4 is 5.32 Å². The minimum absolute atomic E-state index is 0.161. The van der Waals surface area contributed by atoms with E-state index in [1.165, 1.54) is 0 Å². The highest BCUT2D eigenvalue weighted by molar-refractivity contribution is 5.80. The highest BCUT2D eigenvalue weighted by Gasteiger charge is 2.28. The van der Waals surface area contributed by atoms with Crippen LogP contribution in [0.4, 0.5) is 0 Å². The van der Waals surface area contributed by atoms with Gasteiger partial charge in [0.15, 0.2) is 0 Å². The molecule has 2 aromatic carbocycles. The van der Waals surface area contributed by atoms with Gasteiger partial charge in [-0.1, -0.05) is 60.2 Å². The Hall–Kier alpha value is -2.60. The molecular formula is C18H18N2O. The van der Waals surface area contributed by atoms with Crippen molar-refractivity contribution in [3.05, 3.63) is 71.3 Å². The van der Waals surface area contributed by atoms with Crippen LogP contribution >= 0.6 is 0 Å². The number of carbonyl (C=O) groups is 1. The fraction of sp³-hybridized carbons (Fsp3) is 0.222. The number of hydrogen-bond acceptors (Lipinski definition) is 2. The largest absolute Gasteiger partial charge is 0.334 e. The Bertz CT molecular complexity index is 656. The maximum Gasteiger partial charge on any atom is 0.225 e. The van der Waals surface area contributed by atoms with Gasteiger partial charge in [-0.25, -0.2) is 0 Å². The van der Waals surface area contributed by atoms with E-state index < -0.39 is 5.54 Å². The van der Waals surface area contributed by atoms with Gasteiger partial charge in [0.2, 0.25) is 5.91 Å². The summed E-state index contributed by atoms with van der Waals surface area (Å²) >= 11 is 0. The predicted octanol–water partition coefficient (Wildman–Crippen LogP) is 3.09. The molecule has 0 aliphatic rings. The average Bonchev–Trinajstić information content (AvgIpc) is 2.48. The van der Waals surface area contributed by atoms with Crippen LogP contribution in [0.2, 0.25) is 0 Å². The highest BCUT2D eigenvalue weighted by Crippen LogP contribution is 2.20. The average molecular weight is 278 g/mol. The van der Waals surface area contributed by atoms with Crippen LogP contribution in [-0.2, 0) is 16.8 Å². The molecule has 0 saturated heterocycles. The van der Waals surface area contributed by atoms with Crippen LogP contribution in [0.3, 0.4) is 0 Å². The first-order valence-electron chi connectivity index (χ1n) is 6.87. The smallest absolute Gasteiger partial charge is 0.225 e. The lowest BCUT2D eigenvalue weighted by Gasteiger charge is -2.24. The number of nitrogens with zero attached hydrogens (tertiary/aromatic N) is 1. The summed E-state index contributed by atoms with van der Waals surface area (Å²) in [5.41, 5.74) is 1.82. The Morgan fingerprint density at radius 1 is 1.14 bits per heavy atom. The summed E-state index contributed by atoms with van der Waals surface area (Å²) < 4.78 is 0. The fourth-order valence-electron chi connectivity index (χ4n) is 2.16. The number of amides is 1. The lowest BCUT2D eigenvalue weighted by atomic mass is 9.92. The van der Waals surface area contributed by atoms with Crippen molar-refractivity contribution in [1.29, 1.82) is 5.26 Å². The lowest BCUT2D eigenvalue weighted by Crippen LogP contribution is -2.43. The summed E-state index contributed by atoms with van der Waals surface area (Å²) in [6.07, 6.45) is 0.268. The Morgan fingerprint density at radius 3 is 2.33 bits per heavy atom. The minimum Gasteiger partial charge on any atom is -0.334 e. The van der Waals surface area contributed by atoms with E-state index in [9.17, 15) is 10.1 Å². The highest BCUT2D eigenvalue weighted by atomic mass is 16.1. The van der Waals surface area contributed by atoms with Crippen molar-refractivity contribution in [3.8, 4) is 6.07 Å². The van der Waals surface area contributed by atoms with Crippen LogP contribution in [0, 0.1) is 18.3 Å². The molecule has 1 amide bonds. The second-order valence-corrected chi connectivity index (χ2v) is 5.31. The normalized spacial score (nSPS) is 13.0. The summed E-state index contributed by atoms with van der Waals surface area (Å²) in [5.74, 6) is -0.161. The molecule has 2 aromatic rings. The van der Waals surface area contributed by atoms with E-state index in [2.05, 4.69) is 11.4 Å². The summed E-state index contributed by atoms with van der Waals surface area (Å²) in [6.45, 7) is 3.71. The van der Waals surface area contributed by atoms with E-state index >= 15 is 0 Å². The number of nitriles is 1. The Labute approximate surface area is 125 Å². The molecule has 3 nitrogen and oxygen atoms in total. The number of aryl methyl sites for hydroxylation is 1. The molecule has 0 aromatic heterocycles. The van der Waals surface area contributed by atoms with Gasteiger partial charge in [-0.2, -0.15) is 5.26 Å². The van der Waals surface area contributed by atoms with E-state index in [1.54, 1.807) is 6.92 Å². The van der Waals surface area contributed by atoms with Crippen molar-refractivity contribution in [1.82, 2.24) is 5.32 Å². The van der Waals surface area contributed by atoms with Gasteiger partial charge in [0.25, 0.3) is 0 Å². The molecule has 2 rings (SSSR count). The number of nitrogens with one attached hydrogen (secondary N) is 1. The van der Waals surface area contributed by atoms with Crippen LogP contribution in [0.15, 0.2) is 54.6 Å². The van der Waals surface area contributed by atoms with E-state index in [4.69, 9.17) is 0 Å². The van der Waals surface area contributed by atoms with Gasteiger partial charge in [-0.05, 0) is 25.0 Å². The van der Waals surface area contributed by atoms with E-state index in [-0.39, 0.29) is 12.3 Å². The van der Waals surface area contributed by atoms with Gasteiger partial charge in [-0.15, -0.1) is 0 Å². The topological polar surface area (TPSA) is 52.9 Å². The third-order valence-electron chi connectivity index (χ3n) is 3.45. The van der Waals surface area contributed by atoms with Crippen LogP contribution in [0.1, 0.15) is 23.6 Å². The summed E-state index contributed by atoms with van der Waals surface area (Å²) in [4.78, 5) is 12.2. The zero-order valence-electron chi connectivity index (χ0n) is 12.3. The quantitative estimate of drug-likeness (QED) is 0.934. The van der Waals surface area contributed by atoms with E-state index in [1.807, 2.05) is 61.5 Å². The molecule has 0 radical (unpaired) electrons. The van der Waals surface area contributed by atoms with Crippen LogP contribution in [-0.4, -0.2) is 5.91 Å². The second-order valence-electron chi connectivity index (χ2n) is 5.31. The number of hydrogen-bond donors (Lipinski definition) is 1. The second kappa shape index (κ2) is 6.23. The molecule has 1 atom stereocenters. The van der Waals surface area contributed by atoms with Gasteiger partial charge in [-0.3, -0.25) is 4.79 Å². The van der Waals surface area contributed by atoms with Crippen molar-refractivity contribution in [2.24, 2.45) is 0 Å². The first-order valence-corrected chi connectivity index (χ1v) is 6.87. The molecule has 0 spiro atoms. The molecule has 106 valence electrons. The number of rotatable bonds is 4. The Kier molecular flexibility index (Phi) is 4.39. The SMILES string of the molecule is Cc1ccc(C(C)(C#N)NC(=O)Cc2ccccc2)cc1. The lowest BCUT2D eigenvalue weighted by molar-refractivity contribution is -0.121. The summed E-state index contributed by atoms with van der Waals surface area (Å²) in [5, 5.41) is 12.3. The monoisotopic (exact) mass is 278 g/mol. The van der Waals surface area contributed by atoms with Crippen LogP contribution in [0.5, 0.6) is 0 Å².